The van der Waals surface area contributed by atoms with E-state index < -0.39 is 0 Å². The summed E-state index contributed by atoms with van der Waals surface area (Å²) in [6.07, 6.45) is 0.00132. The zero-order chi connectivity index (χ0) is 19.5. The summed E-state index contributed by atoms with van der Waals surface area (Å²) in [6.45, 7) is 10.6. The predicted molar refractivity (Wildman–Crippen MR) is 109 cm³/mol. The second-order valence-electron chi connectivity index (χ2n) is 6.96. The highest BCUT2D eigenvalue weighted by molar-refractivity contribution is 5.79. The van der Waals surface area contributed by atoms with Crippen LogP contribution in [-0.2, 0) is 4.74 Å². The van der Waals surface area contributed by atoms with E-state index in [1.807, 2.05) is 31.2 Å². The largest absolute Gasteiger partial charge is 0.497 e. The zero-order valence-corrected chi connectivity index (χ0v) is 17.0. The number of morpholine rings is 1. The number of nitrogens with zero attached hydrogens (tertiary/aromatic N) is 2. The van der Waals surface area contributed by atoms with Gasteiger partial charge in [0.15, 0.2) is 5.96 Å². The Hall–Kier alpha value is -1.99. The third kappa shape index (κ3) is 8.05. The third-order valence-corrected chi connectivity index (χ3v) is 4.45. The highest BCUT2D eigenvalue weighted by Crippen LogP contribution is 2.19. The minimum absolute atomic E-state index is 0.00132. The monoisotopic (exact) mass is 378 g/mol. The fourth-order valence-electron chi connectivity index (χ4n) is 2.97. The zero-order valence-electron chi connectivity index (χ0n) is 17.0. The first-order valence-corrected chi connectivity index (χ1v) is 9.66. The Morgan fingerprint density at radius 2 is 1.89 bits per heavy atom. The Labute approximate surface area is 163 Å². The van der Waals surface area contributed by atoms with Gasteiger partial charge in [0.05, 0.1) is 26.9 Å². The van der Waals surface area contributed by atoms with Gasteiger partial charge in [0.2, 0.25) is 0 Å². The number of aliphatic imine (C=N–C) groups is 1. The number of nitrogens with one attached hydrogen (secondary N) is 2. The summed E-state index contributed by atoms with van der Waals surface area (Å²) in [7, 11) is 3.44. The molecule has 1 heterocycles. The molecular formula is C20H34N4O3. The highest BCUT2D eigenvalue weighted by Gasteiger charge is 2.14. The van der Waals surface area contributed by atoms with Crippen molar-refractivity contribution in [1.82, 2.24) is 15.5 Å². The maximum atomic E-state index is 5.93. The second kappa shape index (κ2) is 11.7. The molecule has 27 heavy (non-hydrogen) atoms. The molecule has 1 aliphatic heterocycles. The Kier molecular flexibility index (Phi) is 9.21. The molecule has 1 aliphatic rings. The molecule has 7 nitrogen and oxygen atoms in total. The average Bonchev–Trinajstić information content (AvgIpc) is 2.69. The molecule has 0 aromatic heterocycles. The SMILES string of the molecule is CN=C(NCC(C)CN1CCOCC1)NCC(C)Oc1cccc(OC)c1. The van der Waals surface area contributed by atoms with Gasteiger partial charge in [-0.3, -0.25) is 9.89 Å². The van der Waals surface area contributed by atoms with Gasteiger partial charge in [-0.15, -0.1) is 0 Å². The molecule has 1 fully saturated rings. The molecule has 0 radical (unpaired) electrons. The van der Waals surface area contributed by atoms with Crippen LogP contribution in [0.3, 0.4) is 0 Å². The molecule has 1 saturated heterocycles. The molecule has 0 bridgehead atoms. The van der Waals surface area contributed by atoms with Crippen LogP contribution in [0.5, 0.6) is 11.5 Å². The molecule has 1 aromatic rings. The van der Waals surface area contributed by atoms with E-state index in [0.717, 1.165) is 56.9 Å². The van der Waals surface area contributed by atoms with Crippen LogP contribution in [0.2, 0.25) is 0 Å². The van der Waals surface area contributed by atoms with Crippen molar-refractivity contribution in [3.63, 3.8) is 0 Å². The van der Waals surface area contributed by atoms with E-state index in [-0.39, 0.29) is 6.10 Å². The first-order valence-electron chi connectivity index (χ1n) is 9.66. The number of rotatable bonds is 9. The fraction of sp³-hybridized carbons (Fsp3) is 0.650. The Morgan fingerprint density at radius 3 is 2.59 bits per heavy atom. The predicted octanol–water partition coefficient (Wildman–Crippen LogP) is 1.60. The number of ether oxygens (including phenoxy) is 3. The number of hydrogen-bond donors (Lipinski definition) is 2. The molecule has 2 rings (SSSR count). The molecule has 1 aromatic carbocycles. The van der Waals surface area contributed by atoms with Crippen molar-refractivity contribution >= 4 is 5.96 Å². The Bertz CT molecular complexity index is 576. The van der Waals surface area contributed by atoms with Crippen LogP contribution in [-0.4, -0.2) is 77.1 Å². The molecule has 0 spiro atoms. The van der Waals surface area contributed by atoms with Gasteiger partial charge in [-0.05, 0) is 25.0 Å². The van der Waals surface area contributed by atoms with E-state index in [0.29, 0.717) is 12.5 Å². The van der Waals surface area contributed by atoms with Crippen LogP contribution >= 0.6 is 0 Å². The van der Waals surface area contributed by atoms with Crippen LogP contribution in [0, 0.1) is 5.92 Å². The first-order chi connectivity index (χ1) is 13.1. The van der Waals surface area contributed by atoms with Gasteiger partial charge in [-0.1, -0.05) is 13.0 Å². The first kappa shape index (κ1) is 21.3. The van der Waals surface area contributed by atoms with Crippen LogP contribution in [0.25, 0.3) is 0 Å². The third-order valence-electron chi connectivity index (χ3n) is 4.45. The van der Waals surface area contributed by atoms with Gasteiger partial charge in [-0.2, -0.15) is 0 Å². The lowest BCUT2D eigenvalue weighted by molar-refractivity contribution is 0.0320. The van der Waals surface area contributed by atoms with E-state index in [1.165, 1.54) is 0 Å². The Morgan fingerprint density at radius 1 is 1.19 bits per heavy atom. The van der Waals surface area contributed by atoms with E-state index >= 15 is 0 Å². The molecular weight excluding hydrogens is 344 g/mol. The average molecular weight is 379 g/mol. The van der Waals surface area contributed by atoms with E-state index in [2.05, 4.69) is 27.4 Å². The Balaban J connectivity index is 1.67. The van der Waals surface area contributed by atoms with Crippen molar-refractivity contribution in [2.24, 2.45) is 10.9 Å². The number of benzene rings is 1. The molecule has 152 valence electrons. The molecule has 7 heteroatoms. The second-order valence-corrected chi connectivity index (χ2v) is 6.96. The summed E-state index contributed by atoms with van der Waals surface area (Å²) in [5, 5.41) is 6.73. The van der Waals surface area contributed by atoms with Crippen molar-refractivity contribution in [3.05, 3.63) is 24.3 Å². The topological polar surface area (TPSA) is 67.4 Å². The van der Waals surface area contributed by atoms with Crippen molar-refractivity contribution in [1.29, 1.82) is 0 Å². The van der Waals surface area contributed by atoms with E-state index in [4.69, 9.17) is 14.2 Å². The summed E-state index contributed by atoms with van der Waals surface area (Å²) >= 11 is 0. The van der Waals surface area contributed by atoms with Crippen LogP contribution in [0.4, 0.5) is 0 Å². The molecule has 2 unspecified atom stereocenters. The number of guanidine groups is 1. The molecule has 2 N–H and O–H groups in total. The molecule has 0 aliphatic carbocycles. The molecule has 2 atom stereocenters. The minimum Gasteiger partial charge on any atom is -0.497 e. The summed E-state index contributed by atoms with van der Waals surface area (Å²) in [5.74, 6) is 2.92. The van der Waals surface area contributed by atoms with Crippen LogP contribution in [0.1, 0.15) is 13.8 Å². The quantitative estimate of drug-likeness (QED) is 0.503. The van der Waals surface area contributed by atoms with Crippen molar-refractivity contribution in [2.75, 3.05) is 60.1 Å². The van der Waals surface area contributed by atoms with Gasteiger partial charge >= 0.3 is 0 Å². The van der Waals surface area contributed by atoms with Gasteiger partial charge < -0.3 is 24.8 Å². The maximum absolute atomic E-state index is 5.93. The van der Waals surface area contributed by atoms with Gasteiger partial charge in [0, 0.05) is 39.3 Å². The van der Waals surface area contributed by atoms with Gasteiger partial charge in [0.25, 0.3) is 0 Å². The smallest absolute Gasteiger partial charge is 0.191 e. The lowest BCUT2D eigenvalue weighted by Crippen LogP contribution is -2.45. The summed E-state index contributed by atoms with van der Waals surface area (Å²) in [6, 6.07) is 7.64. The van der Waals surface area contributed by atoms with E-state index in [1.54, 1.807) is 14.2 Å². The minimum atomic E-state index is 0.00132. The fourth-order valence-corrected chi connectivity index (χ4v) is 2.97. The molecule has 0 amide bonds. The van der Waals surface area contributed by atoms with Gasteiger partial charge in [0.1, 0.15) is 17.6 Å². The summed E-state index contributed by atoms with van der Waals surface area (Å²) in [4.78, 5) is 6.75. The van der Waals surface area contributed by atoms with Crippen molar-refractivity contribution in [2.45, 2.75) is 20.0 Å². The normalized spacial score (nSPS) is 17.9. The summed E-state index contributed by atoms with van der Waals surface area (Å²) < 4.78 is 16.6. The maximum Gasteiger partial charge on any atom is 0.191 e. The lowest BCUT2D eigenvalue weighted by atomic mass is 10.1. The summed E-state index contributed by atoms with van der Waals surface area (Å²) in [5.41, 5.74) is 0. The van der Waals surface area contributed by atoms with Crippen molar-refractivity contribution in [3.8, 4) is 11.5 Å². The van der Waals surface area contributed by atoms with Crippen LogP contribution < -0.4 is 20.1 Å². The van der Waals surface area contributed by atoms with E-state index in [9.17, 15) is 0 Å². The van der Waals surface area contributed by atoms with Gasteiger partial charge in [-0.25, -0.2) is 0 Å². The van der Waals surface area contributed by atoms with Crippen LogP contribution in [0.15, 0.2) is 29.3 Å². The molecule has 0 saturated carbocycles. The standard InChI is InChI=1S/C20H34N4O3/c1-16(15-24-8-10-26-11-9-24)13-22-20(21-3)23-14-17(2)27-19-7-5-6-18(12-19)25-4/h5-7,12,16-17H,8-11,13-15H2,1-4H3,(H2,21,22,23). The number of hydrogen-bond acceptors (Lipinski definition) is 5. The van der Waals surface area contributed by atoms with Crippen molar-refractivity contribution < 1.29 is 14.2 Å². The highest BCUT2D eigenvalue weighted by atomic mass is 16.5. The number of methoxy groups -OCH3 is 1. The lowest BCUT2D eigenvalue weighted by Gasteiger charge is -2.29.